The van der Waals surface area contributed by atoms with Gasteiger partial charge >= 0.3 is 0 Å². The van der Waals surface area contributed by atoms with Gasteiger partial charge in [-0.1, -0.05) is 18.2 Å². The second-order valence-electron chi connectivity index (χ2n) is 6.46. The van der Waals surface area contributed by atoms with Crippen molar-refractivity contribution in [3.05, 3.63) is 59.9 Å². The van der Waals surface area contributed by atoms with Gasteiger partial charge in [-0.15, -0.1) is 0 Å². The monoisotopic (exact) mass is 408 g/mol. The van der Waals surface area contributed by atoms with Gasteiger partial charge < -0.3 is 10.1 Å². The first-order valence-electron chi connectivity index (χ1n) is 8.88. The number of nitrogens with zero attached hydrogens (tertiary/aromatic N) is 1. The maximum Gasteiger partial charge on any atom is 0.243 e. The summed E-state index contributed by atoms with van der Waals surface area (Å²) in [6.45, 7) is 1.87. The van der Waals surface area contributed by atoms with Crippen LogP contribution in [0.3, 0.4) is 0 Å². The van der Waals surface area contributed by atoms with Crippen LogP contribution in [0.1, 0.15) is 18.9 Å². The molecule has 28 heavy (non-hydrogen) atoms. The zero-order valence-corrected chi connectivity index (χ0v) is 17.0. The number of methoxy groups -OCH3 is 1. The number of halogens is 1. The third kappa shape index (κ3) is 5.95. The molecule has 0 bridgehead atoms. The molecule has 1 amide bonds. The summed E-state index contributed by atoms with van der Waals surface area (Å²) in [4.78, 5) is 12.5. The third-order valence-corrected chi connectivity index (χ3v) is 5.47. The van der Waals surface area contributed by atoms with Crippen LogP contribution in [0.2, 0.25) is 0 Å². The molecule has 1 unspecified atom stereocenters. The number of nitrogens with one attached hydrogen (secondary N) is 1. The van der Waals surface area contributed by atoms with Crippen molar-refractivity contribution in [2.75, 3.05) is 24.2 Å². The Balaban J connectivity index is 1.97. The molecule has 152 valence electrons. The van der Waals surface area contributed by atoms with Gasteiger partial charge in [0.05, 0.1) is 19.1 Å². The summed E-state index contributed by atoms with van der Waals surface area (Å²) in [6.07, 6.45) is 2.42. The van der Waals surface area contributed by atoms with Gasteiger partial charge in [0, 0.05) is 6.54 Å². The predicted molar refractivity (Wildman–Crippen MR) is 108 cm³/mol. The van der Waals surface area contributed by atoms with Gasteiger partial charge in [-0.2, -0.15) is 0 Å². The number of benzene rings is 2. The van der Waals surface area contributed by atoms with Crippen molar-refractivity contribution in [3.63, 3.8) is 0 Å². The number of rotatable bonds is 9. The van der Waals surface area contributed by atoms with Crippen LogP contribution in [0, 0.1) is 5.82 Å². The molecule has 1 atom stereocenters. The average molecular weight is 408 g/mol. The Kier molecular flexibility index (Phi) is 7.39. The largest absolute Gasteiger partial charge is 0.497 e. The van der Waals surface area contributed by atoms with Crippen molar-refractivity contribution in [2.24, 2.45) is 0 Å². The molecule has 2 aromatic carbocycles. The Bertz CT molecular complexity index is 918. The van der Waals surface area contributed by atoms with E-state index in [9.17, 15) is 17.6 Å². The summed E-state index contributed by atoms with van der Waals surface area (Å²) in [6, 6.07) is 11.8. The lowest BCUT2D eigenvalue weighted by molar-refractivity contribution is -0.121. The molecular formula is C20H25FN2O4S. The normalized spacial score (nSPS) is 12.3. The van der Waals surface area contributed by atoms with Crippen LogP contribution in [0.15, 0.2) is 48.5 Å². The van der Waals surface area contributed by atoms with Gasteiger partial charge in [0.1, 0.15) is 17.6 Å². The van der Waals surface area contributed by atoms with Crippen molar-refractivity contribution in [1.82, 2.24) is 5.32 Å². The number of anilines is 1. The Morgan fingerprint density at radius 1 is 1.21 bits per heavy atom. The van der Waals surface area contributed by atoms with E-state index < -0.39 is 27.8 Å². The minimum atomic E-state index is -3.77. The van der Waals surface area contributed by atoms with E-state index in [-0.39, 0.29) is 5.69 Å². The molecule has 0 radical (unpaired) electrons. The molecule has 0 aliphatic carbocycles. The number of carbonyl (C=O) groups is 1. The van der Waals surface area contributed by atoms with Crippen LogP contribution in [0.5, 0.6) is 5.75 Å². The van der Waals surface area contributed by atoms with Crippen LogP contribution >= 0.6 is 0 Å². The van der Waals surface area contributed by atoms with E-state index >= 15 is 0 Å². The van der Waals surface area contributed by atoms with Crippen LogP contribution in [0.4, 0.5) is 10.1 Å². The maximum absolute atomic E-state index is 13.5. The fraction of sp³-hybridized carbons (Fsp3) is 0.350. The van der Waals surface area contributed by atoms with Crippen LogP contribution in [0.25, 0.3) is 0 Å². The Morgan fingerprint density at radius 3 is 2.57 bits per heavy atom. The molecule has 2 aromatic rings. The molecule has 0 saturated heterocycles. The number of aryl methyl sites for hydroxylation is 1. The fourth-order valence-electron chi connectivity index (χ4n) is 2.90. The standard InChI is InChI=1S/C20H25FN2O4S/c1-15(23(28(3,25)26)18-10-5-9-17(21)14-18)20(24)22-12-6-8-16-7-4-11-19(13-16)27-2/h4-5,7,9-11,13-15H,6,8,12H2,1-3H3,(H,22,24). The first-order valence-corrected chi connectivity index (χ1v) is 10.7. The highest BCUT2D eigenvalue weighted by atomic mass is 32.2. The smallest absolute Gasteiger partial charge is 0.243 e. The van der Waals surface area contributed by atoms with Gasteiger partial charge in [0.2, 0.25) is 15.9 Å². The van der Waals surface area contributed by atoms with Crippen molar-refractivity contribution >= 4 is 21.6 Å². The molecule has 0 saturated carbocycles. The predicted octanol–water partition coefficient (Wildman–Crippen LogP) is 2.74. The highest BCUT2D eigenvalue weighted by Crippen LogP contribution is 2.21. The summed E-state index contributed by atoms with van der Waals surface area (Å²) in [5, 5.41) is 2.75. The number of carbonyl (C=O) groups excluding carboxylic acids is 1. The van der Waals surface area contributed by atoms with Gasteiger partial charge in [0.25, 0.3) is 0 Å². The van der Waals surface area contributed by atoms with E-state index in [4.69, 9.17) is 4.74 Å². The van der Waals surface area contributed by atoms with Gasteiger partial charge in [-0.3, -0.25) is 9.10 Å². The molecule has 0 aliphatic rings. The summed E-state index contributed by atoms with van der Waals surface area (Å²) in [5.41, 5.74) is 1.20. The second kappa shape index (κ2) is 9.54. The molecular weight excluding hydrogens is 383 g/mol. The number of hydrogen-bond donors (Lipinski definition) is 1. The molecule has 0 aromatic heterocycles. The molecule has 0 spiro atoms. The molecule has 0 aliphatic heterocycles. The quantitative estimate of drug-likeness (QED) is 0.648. The number of ether oxygens (including phenoxy) is 1. The van der Waals surface area contributed by atoms with Gasteiger partial charge in [-0.25, -0.2) is 12.8 Å². The molecule has 0 fully saturated rings. The molecule has 8 heteroatoms. The topological polar surface area (TPSA) is 75.7 Å². The lowest BCUT2D eigenvalue weighted by Gasteiger charge is -2.28. The molecule has 6 nitrogen and oxygen atoms in total. The second-order valence-corrected chi connectivity index (χ2v) is 8.32. The van der Waals surface area contributed by atoms with E-state index in [1.54, 1.807) is 7.11 Å². The van der Waals surface area contributed by atoms with Crippen molar-refractivity contribution in [1.29, 1.82) is 0 Å². The fourth-order valence-corrected chi connectivity index (χ4v) is 4.07. The summed E-state index contributed by atoms with van der Waals surface area (Å²) in [7, 11) is -2.16. The SMILES string of the molecule is COc1cccc(CCCNC(=O)C(C)N(c2cccc(F)c2)S(C)(=O)=O)c1. The average Bonchev–Trinajstić information content (AvgIpc) is 2.64. The van der Waals surface area contributed by atoms with E-state index in [2.05, 4.69) is 5.32 Å². The third-order valence-electron chi connectivity index (χ3n) is 4.23. The molecule has 0 heterocycles. The Morgan fingerprint density at radius 2 is 1.93 bits per heavy atom. The first-order chi connectivity index (χ1) is 13.2. The zero-order chi connectivity index (χ0) is 20.7. The van der Waals surface area contributed by atoms with Crippen molar-refractivity contribution < 1.29 is 22.3 Å². The summed E-state index contributed by atoms with van der Waals surface area (Å²) < 4.78 is 44.0. The van der Waals surface area contributed by atoms with E-state index in [1.165, 1.54) is 25.1 Å². The van der Waals surface area contributed by atoms with E-state index in [1.807, 2.05) is 24.3 Å². The minimum Gasteiger partial charge on any atom is -0.497 e. The number of amides is 1. The number of sulfonamides is 1. The van der Waals surface area contributed by atoms with Gasteiger partial charge in [-0.05, 0) is 55.7 Å². The minimum absolute atomic E-state index is 0.113. The molecule has 1 N–H and O–H groups in total. The summed E-state index contributed by atoms with van der Waals surface area (Å²) in [5.74, 6) is -0.244. The Hall–Kier alpha value is -2.61. The van der Waals surface area contributed by atoms with Crippen molar-refractivity contribution in [3.8, 4) is 5.75 Å². The summed E-state index contributed by atoms with van der Waals surface area (Å²) >= 11 is 0. The highest BCUT2D eigenvalue weighted by Gasteiger charge is 2.29. The van der Waals surface area contributed by atoms with Crippen LogP contribution in [-0.2, 0) is 21.2 Å². The molecule has 2 rings (SSSR count). The van der Waals surface area contributed by atoms with Crippen LogP contribution in [-0.4, -0.2) is 40.3 Å². The lowest BCUT2D eigenvalue weighted by atomic mass is 10.1. The Labute approximate surface area is 165 Å². The maximum atomic E-state index is 13.5. The zero-order valence-electron chi connectivity index (χ0n) is 16.2. The number of hydrogen-bond acceptors (Lipinski definition) is 4. The van der Waals surface area contributed by atoms with E-state index in [0.29, 0.717) is 13.0 Å². The van der Waals surface area contributed by atoms with Gasteiger partial charge in [0.15, 0.2) is 0 Å². The first kappa shape index (κ1) is 21.7. The van der Waals surface area contributed by atoms with Crippen LogP contribution < -0.4 is 14.4 Å². The highest BCUT2D eigenvalue weighted by molar-refractivity contribution is 7.92. The lowest BCUT2D eigenvalue weighted by Crippen LogP contribution is -2.48. The van der Waals surface area contributed by atoms with E-state index in [0.717, 1.165) is 34.4 Å². The van der Waals surface area contributed by atoms with Crippen molar-refractivity contribution in [2.45, 2.75) is 25.8 Å².